The lowest BCUT2D eigenvalue weighted by atomic mass is 10.2. The van der Waals surface area contributed by atoms with E-state index in [2.05, 4.69) is 41.8 Å². The molecule has 1 aromatic rings. The fraction of sp³-hybridized carbons (Fsp3) is 0.500. The van der Waals surface area contributed by atoms with Gasteiger partial charge in [-0.2, -0.15) is 4.98 Å². The Morgan fingerprint density at radius 1 is 1.48 bits per heavy atom. The molecule has 0 atom stereocenters. The van der Waals surface area contributed by atoms with Crippen molar-refractivity contribution >= 4 is 33.6 Å². The van der Waals surface area contributed by atoms with E-state index in [0.29, 0.717) is 43.8 Å². The Bertz CT molecular complexity index is 632. The van der Waals surface area contributed by atoms with Gasteiger partial charge in [-0.1, -0.05) is 0 Å². The largest absolute Gasteiger partial charge is 0.476 e. The fourth-order valence-electron chi connectivity index (χ4n) is 2.21. The van der Waals surface area contributed by atoms with E-state index in [9.17, 15) is 0 Å². The number of fused-ring (bicyclic) bond motifs is 2. The normalized spacial score (nSPS) is 21.0. The Kier molecular flexibility index (Phi) is 4.97. The molecule has 0 unspecified atom stereocenters. The SMILES string of the molecule is C/C(NC1COC1)=C1\Nc2ncc(Br)c(n2)NCCCOC1=N. The second-order valence-corrected chi connectivity index (χ2v) is 6.21. The third-order valence-corrected chi connectivity index (χ3v) is 4.08. The van der Waals surface area contributed by atoms with E-state index in [1.165, 1.54) is 0 Å². The summed E-state index contributed by atoms with van der Waals surface area (Å²) in [5, 5.41) is 17.8. The van der Waals surface area contributed by atoms with Crippen LogP contribution in [-0.4, -0.2) is 48.3 Å². The molecule has 2 bridgehead atoms. The first kappa shape index (κ1) is 16.0. The Morgan fingerprint density at radius 3 is 3.04 bits per heavy atom. The molecule has 0 spiro atoms. The zero-order chi connectivity index (χ0) is 16.2. The van der Waals surface area contributed by atoms with Gasteiger partial charge in [-0.15, -0.1) is 0 Å². The number of aromatic nitrogens is 2. The van der Waals surface area contributed by atoms with E-state index in [-0.39, 0.29) is 11.9 Å². The van der Waals surface area contributed by atoms with Crippen LogP contribution in [-0.2, 0) is 9.47 Å². The van der Waals surface area contributed by atoms with Crippen molar-refractivity contribution in [2.24, 2.45) is 0 Å². The van der Waals surface area contributed by atoms with Gasteiger partial charge in [-0.3, -0.25) is 5.41 Å². The van der Waals surface area contributed by atoms with Gasteiger partial charge in [0.15, 0.2) is 0 Å². The van der Waals surface area contributed by atoms with Gasteiger partial charge in [-0.05, 0) is 29.3 Å². The summed E-state index contributed by atoms with van der Waals surface area (Å²) in [7, 11) is 0. The van der Waals surface area contributed by atoms with Crippen molar-refractivity contribution in [1.29, 1.82) is 5.41 Å². The number of hydrogen-bond donors (Lipinski definition) is 4. The predicted octanol–water partition coefficient (Wildman–Crippen LogP) is 1.68. The molecule has 1 aromatic heterocycles. The van der Waals surface area contributed by atoms with E-state index in [0.717, 1.165) is 16.6 Å². The highest BCUT2D eigenvalue weighted by molar-refractivity contribution is 9.10. The van der Waals surface area contributed by atoms with E-state index in [1.807, 2.05) is 6.92 Å². The fourth-order valence-corrected chi connectivity index (χ4v) is 2.54. The van der Waals surface area contributed by atoms with Crippen molar-refractivity contribution in [3.8, 4) is 0 Å². The smallest absolute Gasteiger partial charge is 0.232 e. The van der Waals surface area contributed by atoms with Gasteiger partial charge in [-0.25, -0.2) is 4.98 Å². The van der Waals surface area contributed by atoms with Crippen molar-refractivity contribution in [2.75, 3.05) is 37.0 Å². The summed E-state index contributed by atoms with van der Waals surface area (Å²) in [6.07, 6.45) is 2.45. The molecule has 0 radical (unpaired) electrons. The highest BCUT2D eigenvalue weighted by Crippen LogP contribution is 2.22. The zero-order valence-electron chi connectivity index (χ0n) is 12.8. The predicted molar refractivity (Wildman–Crippen MR) is 90.6 cm³/mol. The summed E-state index contributed by atoms with van der Waals surface area (Å²) in [5.41, 5.74) is 1.34. The molecular formula is C14H19BrN6O2. The average molecular weight is 383 g/mol. The van der Waals surface area contributed by atoms with Gasteiger partial charge in [0.25, 0.3) is 0 Å². The van der Waals surface area contributed by atoms with E-state index in [4.69, 9.17) is 14.9 Å². The summed E-state index contributed by atoms with van der Waals surface area (Å²) in [6, 6.07) is 0.262. The van der Waals surface area contributed by atoms with Crippen molar-refractivity contribution < 1.29 is 9.47 Å². The summed E-state index contributed by atoms with van der Waals surface area (Å²) >= 11 is 3.43. The second-order valence-electron chi connectivity index (χ2n) is 5.35. The van der Waals surface area contributed by atoms with Crippen LogP contribution < -0.4 is 16.0 Å². The molecule has 9 heteroatoms. The molecule has 8 nitrogen and oxygen atoms in total. The van der Waals surface area contributed by atoms with E-state index in [1.54, 1.807) is 6.20 Å². The lowest BCUT2D eigenvalue weighted by molar-refractivity contribution is -0.000816. The molecule has 23 heavy (non-hydrogen) atoms. The van der Waals surface area contributed by atoms with Crippen molar-refractivity contribution in [3.05, 3.63) is 22.1 Å². The van der Waals surface area contributed by atoms with Crippen LogP contribution in [0.25, 0.3) is 0 Å². The first-order chi connectivity index (χ1) is 11.1. The van der Waals surface area contributed by atoms with Gasteiger partial charge in [0.2, 0.25) is 11.8 Å². The molecule has 0 aliphatic carbocycles. The number of nitrogens with one attached hydrogen (secondary N) is 4. The maximum atomic E-state index is 8.18. The van der Waals surface area contributed by atoms with Gasteiger partial charge < -0.3 is 25.4 Å². The van der Waals surface area contributed by atoms with Crippen LogP contribution in [0, 0.1) is 5.41 Å². The minimum atomic E-state index is 0.0743. The molecule has 124 valence electrons. The average Bonchev–Trinajstić information content (AvgIpc) is 2.52. The van der Waals surface area contributed by atoms with Crippen molar-refractivity contribution in [2.45, 2.75) is 19.4 Å². The van der Waals surface area contributed by atoms with Gasteiger partial charge in [0.05, 0.1) is 30.3 Å². The van der Waals surface area contributed by atoms with Crippen LogP contribution >= 0.6 is 15.9 Å². The quantitative estimate of drug-likeness (QED) is 0.616. The first-order valence-electron chi connectivity index (χ1n) is 7.44. The second kappa shape index (κ2) is 7.14. The van der Waals surface area contributed by atoms with Crippen molar-refractivity contribution in [3.63, 3.8) is 0 Å². The molecule has 0 amide bonds. The summed E-state index contributed by atoms with van der Waals surface area (Å²) < 4.78 is 11.5. The molecule has 3 rings (SSSR count). The van der Waals surface area contributed by atoms with Gasteiger partial charge in [0.1, 0.15) is 11.5 Å². The van der Waals surface area contributed by atoms with Gasteiger partial charge in [0, 0.05) is 18.4 Å². The monoisotopic (exact) mass is 382 g/mol. The molecule has 4 N–H and O–H groups in total. The first-order valence-corrected chi connectivity index (χ1v) is 8.23. The third kappa shape index (κ3) is 3.91. The van der Waals surface area contributed by atoms with E-state index < -0.39 is 0 Å². The molecule has 1 saturated heterocycles. The molecule has 3 heterocycles. The highest BCUT2D eigenvalue weighted by atomic mass is 79.9. The van der Waals surface area contributed by atoms with E-state index >= 15 is 0 Å². The number of halogens is 1. The molecule has 1 fully saturated rings. The minimum Gasteiger partial charge on any atom is -0.476 e. The Hall–Kier alpha value is -1.87. The molecule has 0 saturated carbocycles. The van der Waals surface area contributed by atoms with Crippen LogP contribution in [0.4, 0.5) is 11.8 Å². The maximum Gasteiger partial charge on any atom is 0.232 e. The van der Waals surface area contributed by atoms with Gasteiger partial charge >= 0.3 is 0 Å². The zero-order valence-corrected chi connectivity index (χ0v) is 14.4. The van der Waals surface area contributed by atoms with Crippen molar-refractivity contribution in [1.82, 2.24) is 15.3 Å². The number of rotatable bonds is 2. The number of ether oxygens (including phenoxy) is 2. The Morgan fingerprint density at radius 2 is 2.30 bits per heavy atom. The third-order valence-electron chi connectivity index (χ3n) is 3.50. The summed E-state index contributed by atoms with van der Waals surface area (Å²) in [5.74, 6) is 1.20. The standard InChI is InChI=1S/C14H19BrN6O2/c1-8(19-9-6-22-7-9)11-12(16)23-4-2-3-17-13-10(15)5-18-14(20-11)21-13/h5,9,16,19H,2-4,6-7H2,1H3,(H2,17,18,20,21)/b11-8+,16-12?. The Balaban J connectivity index is 1.88. The lowest BCUT2D eigenvalue weighted by Crippen LogP contribution is -2.45. The number of allylic oxidation sites excluding steroid dienone is 1. The van der Waals surface area contributed by atoms with Crippen LogP contribution in [0.15, 0.2) is 22.1 Å². The minimum absolute atomic E-state index is 0.0743. The highest BCUT2D eigenvalue weighted by Gasteiger charge is 2.21. The van der Waals surface area contributed by atoms with Crippen LogP contribution in [0.2, 0.25) is 0 Å². The molecule has 2 aliphatic rings. The van der Waals surface area contributed by atoms with Crippen LogP contribution in [0.3, 0.4) is 0 Å². The molecular weight excluding hydrogens is 364 g/mol. The number of hydrogen-bond acceptors (Lipinski definition) is 8. The number of nitrogens with zero attached hydrogens (tertiary/aromatic N) is 2. The van der Waals surface area contributed by atoms with Crippen LogP contribution in [0.1, 0.15) is 13.3 Å². The Labute approximate surface area is 142 Å². The van der Waals surface area contributed by atoms with Crippen LogP contribution in [0.5, 0.6) is 0 Å². The maximum absolute atomic E-state index is 8.18. The molecule has 0 aromatic carbocycles. The lowest BCUT2D eigenvalue weighted by Gasteiger charge is -2.29. The summed E-state index contributed by atoms with van der Waals surface area (Å²) in [4.78, 5) is 8.68. The number of anilines is 2. The molecule has 2 aliphatic heterocycles. The summed E-state index contributed by atoms with van der Waals surface area (Å²) in [6.45, 7) is 4.40. The topological polar surface area (TPSA) is 104 Å².